The van der Waals surface area contributed by atoms with Crippen LogP contribution in [0.4, 0.5) is 0 Å². The molecule has 11 heavy (non-hydrogen) atoms. The third-order valence-corrected chi connectivity index (χ3v) is 1.82. The van der Waals surface area contributed by atoms with Crippen molar-refractivity contribution in [3.05, 3.63) is 12.2 Å². The molecule has 0 amide bonds. The molecule has 0 aromatic heterocycles. The molecule has 1 unspecified atom stereocenters. The maximum absolute atomic E-state index is 3.86. The topological polar surface area (TPSA) is 12.0 Å². The molecular weight excluding hydrogens is 134 g/mol. The van der Waals surface area contributed by atoms with Gasteiger partial charge in [0.1, 0.15) is 0 Å². The third kappa shape index (κ3) is 6.11. The molecule has 1 nitrogen and oxygen atoms in total. The molecule has 0 saturated heterocycles. The number of rotatable bonds is 6. The van der Waals surface area contributed by atoms with Gasteiger partial charge in [0.15, 0.2) is 0 Å². The predicted molar refractivity (Wildman–Crippen MR) is 51.8 cm³/mol. The fourth-order valence-corrected chi connectivity index (χ4v) is 1.12. The van der Waals surface area contributed by atoms with Crippen molar-refractivity contribution >= 4 is 0 Å². The van der Waals surface area contributed by atoms with E-state index in [1.807, 2.05) is 0 Å². The summed E-state index contributed by atoms with van der Waals surface area (Å²) in [5.74, 6) is 0. The molecule has 1 heteroatoms. The molecule has 0 rings (SSSR count). The third-order valence-electron chi connectivity index (χ3n) is 1.82. The van der Waals surface area contributed by atoms with Crippen LogP contribution < -0.4 is 5.32 Å². The second-order valence-electron chi connectivity index (χ2n) is 3.23. The summed E-state index contributed by atoms with van der Waals surface area (Å²) in [6.45, 7) is 11.3. The molecule has 1 N–H and O–H groups in total. The smallest absolute Gasteiger partial charge is 0.0161 e. The molecule has 0 bridgehead atoms. The van der Waals surface area contributed by atoms with Crippen molar-refractivity contribution in [1.29, 1.82) is 0 Å². The fourth-order valence-electron chi connectivity index (χ4n) is 1.12. The van der Waals surface area contributed by atoms with E-state index >= 15 is 0 Å². The van der Waals surface area contributed by atoms with E-state index in [1.165, 1.54) is 24.8 Å². The van der Waals surface area contributed by atoms with Gasteiger partial charge in [0.25, 0.3) is 0 Å². The summed E-state index contributed by atoms with van der Waals surface area (Å²) in [4.78, 5) is 0. The Kier molecular flexibility index (Phi) is 6.24. The van der Waals surface area contributed by atoms with Gasteiger partial charge in [-0.1, -0.05) is 32.4 Å². The van der Waals surface area contributed by atoms with Gasteiger partial charge in [0, 0.05) is 12.6 Å². The Morgan fingerprint density at radius 3 is 2.45 bits per heavy atom. The summed E-state index contributed by atoms with van der Waals surface area (Å²) < 4.78 is 0. The quantitative estimate of drug-likeness (QED) is 0.582. The maximum Gasteiger partial charge on any atom is 0.0161 e. The Labute approximate surface area is 70.9 Å². The molecule has 0 aliphatic carbocycles. The lowest BCUT2D eigenvalue weighted by Gasteiger charge is -2.15. The molecular formula is C10H21N. The first-order valence-electron chi connectivity index (χ1n) is 4.58. The van der Waals surface area contributed by atoms with Crippen LogP contribution in [-0.2, 0) is 0 Å². The van der Waals surface area contributed by atoms with Gasteiger partial charge in [-0.15, -0.1) is 0 Å². The largest absolute Gasteiger partial charge is 0.310 e. The van der Waals surface area contributed by atoms with E-state index < -0.39 is 0 Å². The van der Waals surface area contributed by atoms with Gasteiger partial charge in [0.05, 0.1) is 0 Å². The van der Waals surface area contributed by atoms with Gasteiger partial charge in [-0.3, -0.25) is 0 Å². The van der Waals surface area contributed by atoms with Crippen LogP contribution in [0.2, 0.25) is 0 Å². The first-order chi connectivity index (χ1) is 5.20. The molecule has 1 atom stereocenters. The second-order valence-corrected chi connectivity index (χ2v) is 3.23. The Morgan fingerprint density at radius 1 is 1.45 bits per heavy atom. The van der Waals surface area contributed by atoms with Crippen LogP contribution in [0.25, 0.3) is 0 Å². The van der Waals surface area contributed by atoms with Gasteiger partial charge in [-0.05, 0) is 19.8 Å². The minimum atomic E-state index is 0.691. The van der Waals surface area contributed by atoms with E-state index in [2.05, 4.69) is 32.7 Å². The minimum absolute atomic E-state index is 0.691. The van der Waals surface area contributed by atoms with Gasteiger partial charge < -0.3 is 5.32 Å². The molecule has 0 radical (unpaired) electrons. The van der Waals surface area contributed by atoms with Gasteiger partial charge in [-0.2, -0.15) is 0 Å². The number of nitrogens with one attached hydrogen (secondary N) is 1. The van der Waals surface area contributed by atoms with Gasteiger partial charge >= 0.3 is 0 Å². The Morgan fingerprint density at radius 2 is 2.09 bits per heavy atom. The van der Waals surface area contributed by atoms with Crippen LogP contribution >= 0.6 is 0 Å². The highest BCUT2D eigenvalue weighted by Crippen LogP contribution is 2.00. The van der Waals surface area contributed by atoms with E-state index in [0.29, 0.717) is 6.04 Å². The molecule has 0 spiro atoms. The Bertz CT molecular complexity index is 107. The molecule has 66 valence electrons. The van der Waals surface area contributed by atoms with Crippen molar-refractivity contribution < 1.29 is 0 Å². The maximum atomic E-state index is 3.86. The predicted octanol–water partition coefficient (Wildman–Crippen LogP) is 2.73. The molecule has 0 fully saturated rings. The Balaban J connectivity index is 3.43. The number of hydrogen-bond donors (Lipinski definition) is 1. The summed E-state index contributed by atoms with van der Waals surface area (Å²) in [5.41, 5.74) is 1.22. The summed E-state index contributed by atoms with van der Waals surface area (Å²) >= 11 is 0. The van der Waals surface area contributed by atoms with E-state index in [1.54, 1.807) is 0 Å². The zero-order valence-corrected chi connectivity index (χ0v) is 8.11. The van der Waals surface area contributed by atoms with Gasteiger partial charge in [-0.25, -0.2) is 0 Å². The van der Waals surface area contributed by atoms with Gasteiger partial charge in [0.2, 0.25) is 0 Å². The SMILES string of the molecule is C=C(C)CNC(CC)CCC. The highest BCUT2D eigenvalue weighted by Gasteiger charge is 2.01. The van der Waals surface area contributed by atoms with E-state index in [0.717, 1.165) is 6.54 Å². The number of hydrogen-bond acceptors (Lipinski definition) is 1. The van der Waals surface area contributed by atoms with E-state index in [4.69, 9.17) is 0 Å². The average molecular weight is 155 g/mol. The molecule has 0 aromatic rings. The van der Waals surface area contributed by atoms with E-state index in [9.17, 15) is 0 Å². The summed E-state index contributed by atoms with van der Waals surface area (Å²) in [7, 11) is 0. The zero-order chi connectivity index (χ0) is 8.69. The summed E-state index contributed by atoms with van der Waals surface area (Å²) in [6, 6.07) is 0.691. The van der Waals surface area contributed by atoms with Crippen LogP contribution in [0.5, 0.6) is 0 Å². The fraction of sp³-hybridized carbons (Fsp3) is 0.800. The first-order valence-corrected chi connectivity index (χ1v) is 4.58. The summed E-state index contributed by atoms with van der Waals surface area (Å²) in [6.07, 6.45) is 3.77. The van der Waals surface area contributed by atoms with Crippen molar-refractivity contribution in [3.8, 4) is 0 Å². The monoisotopic (exact) mass is 155 g/mol. The second kappa shape index (κ2) is 6.41. The van der Waals surface area contributed by atoms with Crippen molar-refractivity contribution in [2.45, 2.75) is 46.1 Å². The van der Waals surface area contributed by atoms with Crippen molar-refractivity contribution in [2.24, 2.45) is 0 Å². The highest BCUT2D eigenvalue weighted by molar-refractivity contribution is 4.91. The molecule has 0 aromatic carbocycles. The molecule has 0 saturated carbocycles. The Hall–Kier alpha value is -0.300. The van der Waals surface area contributed by atoms with E-state index in [-0.39, 0.29) is 0 Å². The first kappa shape index (κ1) is 10.7. The van der Waals surface area contributed by atoms with Crippen LogP contribution in [0.15, 0.2) is 12.2 Å². The molecule has 0 aliphatic heterocycles. The standard InChI is InChI=1S/C10H21N/c1-5-7-10(6-2)11-8-9(3)4/h10-11H,3,5-8H2,1-2,4H3. The molecule has 0 aliphatic rings. The minimum Gasteiger partial charge on any atom is -0.310 e. The lowest BCUT2D eigenvalue weighted by Crippen LogP contribution is -2.29. The lowest BCUT2D eigenvalue weighted by molar-refractivity contribution is 0.481. The van der Waals surface area contributed by atoms with Crippen molar-refractivity contribution in [3.63, 3.8) is 0 Å². The molecule has 0 heterocycles. The average Bonchev–Trinajstić information content (AvgIpc) is 1.97. The zero-order valence-electron chi connectivity index (χ0n) is 8.11. The lowest BCUT2D eigenvalue weighted by atomic mass is 10.1. The van der Waals surface area contributed by atoms with Crippen molar-refractivity contribution in [1.82, 2.24) is 5.32 Å². The van der Waals surface area contributed by atoms with Crippen LogP contribution in [0, 0.1) is 0 Å². The summed E-state index contributed by atoms with van der Waals surface area (Å²) in [5, 5.41) is 3.47. The highest BCUT2D eigenvalue weighted by atomic mass is 14.9. The van der Waals surface area contributed by atoms with Crippen LogP contribution in [0.3, 0.4) is 0 Å². The normalized spacial score (nSPS) is 13.0. The van der Waals surface area contributed by atoms with Crippen LogP contribution in [-0.4, -0.2) is 12.6 Å². The van der Waals surface area contributed by atoms with Crippen molar-refractivity contribution in [2.75, 3.05) is 6.54 Å². The van der Waals surface area contributed by atoms with Crippen LogP contribution in [0.1, 0.15) is 40.0 Å².